The lowest BCUT2D eigenvalue weighted by Crippen LogP contribution is -2.53. The van der Waals surface area contributed by atoms with Gasteiger partial charge in [0.2, 0.25) is 11.8 Å². The van der Waals surface area contributed by atoms with Crippen molar-refractivity contribution in [3.05, 3.63) is 35.9 Å². The molecule has 0 aliphatic rings. The summed E-state index contributed by atoms with van der Waals surface area (Å²) in [7, 11) is 0. The summed E-state index contributed by atoms with van der Waals surface area (Å²) in [5.74, 6) is 5.48. The number of rotatable bonds is 7. The molecule has 1 rings (SSSR count). The van der Waals surface area contributed by atoms with Crippen LogP contribution in [0.1, 0.15) is 33.3 Å². The first kappa shape index (κ1) is 18.1. The van der Waals surface area contributed by atoms with E-state index < -0.39 is 12.1 Å². The molecule has 6 heteroatoms. The monoisotopic (exact) mass is 306 g/mol. The second-order valence-corrected chi connectivity index (χ2v) is 5.73. The third-order valence-electron chi connectivity index (χ3n) is 3.27. The summed E-state index contributed by atoms with van der Waals surface area (Å²) >= 11 is 0. The zero-order valence-corrected chi connectivity index (χ0v) is 13.7. The van der Waals surface area contributed by atoms with Crippen LogP contribution in [0.2, 0.25) is 0 Å². The number of nitrogens with one attached hydrogen (secondary N) is 2. The van der Waals surface area contributed by atoms with Gasteiger partial charge in [-0.2, -0.15) is 0 Å². The van der Waals surface area contributed by atoms with Gasteiger partial charge in [0.1, 0.15) is 12.1 Å². The molecule has 0 aliphatic heterocycles. The molecule has 22 heavy (non-hydrogen) atoms. The highest BCUT2D eigenvalue weighted by Crippen LogP contribution is 2.04. The maximum absolute atomic E-state index is 12.2. The molecule has 0 bridgehead atoms. The average molecular weight is 306 g/mol. The molecule has 0 radical (unpaired) electrons. The van der Waals surface area contributed by atoms with Crippen LogP contribution in [0.4, 0.5) is 0 Å². The van der Waals surface area contributed by atoms with Crippen LogP contribution in [0.15, 0.2) is 30.3 Å². The van der Waals surface area contributed by atoms with Crippen molar-refractivity contribution in [2.45, 2.75) is 52.4 Å². The fourth-order valence-electron chi connectivity index (χ4n) is 1.89. The number of carbonyl (C=O) groups is 2. The molecule has 0 spiro atoms. The number of hydrogen-bond donors (Lipinski definition) is 3. The normalized spacial score (nSPS) is 13.8. The zero-order valence-electron chi connectivity index (χ0n) is 13.7. The van der Waals surface area contributed by atoms with Crippen molar-refractivity contribution in [2.75, 3.05) is 0 Å². The van der Waals surface area contributed by atoms with Gasteiger partial charge in [-0.3, -0.25) is 15.4 Å². The maximum atomic E-state index is 12.2. The number of carbonyl (C=O) groups excluding carboxylic acids is 2. The first-order valence-corrected chi connectivity index (χ1v) is 7.47. The summed E-state index contributed by atoms with van der Waals surface area (Å²) in [6, 6.07) is 8.57. The van der Waals surface area contributed by atoms with E-state index in [1.54, 1.807) is 13.8 Å². The molecule has 0 saturated heterocycles. The lowest BCUT2D eigenvalue weighted by Gasteiger charge is -2.25. The van der Waals surface area contributed by atoms with Crippen LogP contribution in [0.3, 0.4) is 0 Å². The molecule has 2 amide bonds. The largest absolute Gasteiger partial charge is 0.352 e. The van der Waals surface area contributed by atoms with Gasteiger partial charge in [0, 0.05) is 12.6 Å². The zero-order chi connectivity index (χ0) is 16.7. The van der Waals surface area contributed by atoms with E-state index in [2.05, 4.69) is 10.6 Å². The van der Waals surface area contributed by atoms with E-state index in [1.807, 2.05) is 44.2 Å². The standard InChI is InChI=1S/C16H26N4O2/c1-11(2)18-15(21)12(3)19-16(22)13(4)20(17)10-14-8-6-5-7-9-14/h5-9,11-13H,10,17H2,1-4H3,(H,18,21)(H,19,22)/t12-,13-/m0/s1. The molecule has 0 aliphatic carbocycles. The first-order chi connectivity index (χ1) is 10.3. The number of benzene rings is 1. The van der Waals surface area contributed by atoms with Crippen LogP contribution in [0.25, 0.3) is 0 Å². The Morgan fingerprint density at radius 3 is 2.18 bits per heavy atom. The van der Waals surface area contributed by atoms with Gasteiger partial charge in [-0.1, -0.05) is 30.3 Å². The molecule has 0 saturated carbocycles. The molecule has 2 atom stereocenters. The smallest absolute Gasteiger partial charge is 0.242 e. The van der Waals surface area contributed by atoms with Gasteiger partial charge in [0.25, 0.3) is 0 Å². The molecule has 4 N–H and O–H groups in total. The van der Waals surface area contributed by atoms with Crippen molar-refractivity contribution in [3.8, 4) is 0 Å². The van der Waals surface area contributed by atoms with Crippen molar-refractivity contribution in [2.24, 2.45) is 5.84 Å². The Morgan fingerprint density at radius 2 is 1.64 bits per heavy atom. The third kappa shape index (κ3) is 5.83. The van der Waals surface area contributed by atoms with Gasteiger partial charge in [-0.05, 0) is 33.3 Å². The predicted octanol–water partition coefficient (Wildman–Crippen LogP) is 0.780. The van der Waals surface area contributed by atoms with Crippen molar-refractivity contribution < 1.29 is 9.59 Å². The summed E-state index contributed by atoms with van der Waals surface area (Å²) in [5.41, 5.74) is 1.02. The van der Waals surface area contributed by atoms with E-state index in [4.69, 9.17) is 5.84 Å². The van der Waals surface area contributed by atoms with E-state index in [-0.39, 0.29) is 17.9 Å². The number of nitrogens with two attached hydrogens (primary N) is 1. The lowest BCUT2D eigenvalue weighted by atomic mass is 10.2. The molecular weight excluding hydrogens is 280 g/mol. The van der Waals surface area contributed by atoms with Crippen molar-refractivity contribution >= 4 is 11.8 Å². The lowest BCUT2D eigenvalue weighted by molar-refractivity contribution is -0.131. The minimum Gasteiger partial charge on any atom is -0.352 e. The Bertz CT molecular complexity index is 490. The van der Waals surface area contributed by atoms with E-state index in [0.717, 1.165) is 5.56 Å². The number of amides is 2. The molecule has 122 valence electrons. The van der Waals surface area contributed by atoms with Crippen molar-refractivity contribution in [3.63, 3.8) is 0 Å². The molecule has 1 aromatic carbocycles. The molecule has 0 aromatic heterocycles. The van der Waals surface area contributed by atoms with Gasteiger partial charge in [-0.15, -0.1) is 0 Å². The summed E-state index contributed by atoms with van der Waals surface area (Å²) in [5, 5.41) is 6.89. The van der Waals surface area contributed by atoms with Gasteiger partial charge in [0.15, 0.2) is 0 Å². The minimum atomic E-state index is -0.595. The molecule has 0 heterocycles. The van der Waals surface area contributed by atoms with E-state index in [0.29, 0.717) is 6.54 Å². The molecule has 6 nitrogen and oxygen atoms in total. The maximum Gasteiger partial charge on any atom is 0.242 e. The van der Waals surface area contributed by atoms with Crippen LogP contribution >= 0.6 is 0 Å². The Balaban J connectivity index is 2.51. The summed E-state index contributed by atoms with van der Waals surface area (Å²) in [4.78, 5) is 24.0. The number of hydrogen-bond acceptors (Lipinski definition) is 4. The van der Waals surface area contributed by atoms with E-state index in [9.17, 15) is 9.59 Å². The average Bonchev–Trinajstić information content (AvgIpc) is 2.46. The van der Waals surface area contributed by atoms with Gasteiger partial charge >= 0.3 is 0 Å². The van der Waals surface area contributed by atoms with E-state index >= 15 is 0 Å². The number of hydrazine groups is 1. The minimum absolute atomic E-state index is 0.0355. The summed E-state index contributed by atoms with van der Waals surface area (Å²) < 4.78 is 0. The Labute approximate surface area is 132 Å². The highest BCUT2D eigenvalue weighted by atomic mass is 16.2. The fraction of sp³-hybridized carbons (Fsp3) is 0.500. The highest BCUT2D eigenvalue weighted by molar-refractivity contribution is 5.89. The third-order valence-corrected chi connectivity index (χ3v) is 3.27. The quantitative estimate of drug-likeness (QED) is 0.513. The van der Waals surface area contributed by atoms with Crippen molar-refractivity contribution in [1.29, 1.82) is 0 Å². The summed E-state index contributed by atoms with van der Waals surface area (Å²) in [6.45, 7) is 7.57. The second-order valence-electron chi connectivity index (χ2n) is 5.73. The highest BCUT2D eigenvalue weighted by Gasteiger charge is 2.23. The predicted molar refractivity (Wildman–Crippen MR) is 86.5 cm³/mol. The Hall–Kier alpha value is -1.92. The van der Waals surface area contributed by atoms with Crippen molar-refractivity contribution in [1.82, 2.24) is 15.6 Å². The Morgan fingerprint density at radius 1 is 1.05 bits per heavy atom. The van der Waals surface area contributed by atoms with Crippen LogP contribution in [0, 0.1) is 0 Å². The molecule has 0 unspecified atom stereocenters. The van der Waals surface area contributed by atoms with Gasteiger partial charge in [-0.25, -0.2) is 5.01 Å². The molecular formula is C16H26N4O2. The van der Waals surface area contributed by atoms with Crippen LogP contribution < -0.4 is 16.5 Å². The van der Waals surface area contributed by atoms with Gasteiger partial charge < -0.3 is 10.6 Å². The topological polar surface area (TPSA) is 87.5 Å². The van der Waals surface area contributed by atoms with Crippen LogP contribution in [-0.4, -0.2) is 34.9 Å². The number of nitrogens with zero attached hydrogens (tertiary/aromatic N) is 1. The second kappa shape index (κ2) is 8.51. The fourth-order valence-corrected chi connectivity index (χ4v) is 1.89. The van der Waals surface area contributed by atoms with E-state index in [1.165, 1.54) is 5.01 Å². The molecule has 1 aromatic rings. The Kier molecular flexibility index (Phi) is 7.01. The summed E-state index contributed by atoms with van der Waals surface area (Å²) in [6.07, 6.45) is 0. The first-order valence-electron chi connectivity index (χ1n) is 7.47. The SMILES string of the molecule is CC(C)NC(=O)[C@H](C)NC(=O)[C@H](C)N(N)Cc1ccccc1. The van der Waals surface area contributed by atoms with Crippen LogP contribution in [-0.2, 0) is 16.1 Å². The van der Waals surface area contributed by atoms with Crippen LogP contribution in [0.5, 0.6) is 0 Å². The molecule has 0 fully saturated rings. The van der Waals surface area contributed by atoms with Gasteiger partial charge in [0.05, 0.1) is 0 Å².